The van der Waals surface area contributed by atoms with E-state index in [4.69, 9.17) is 0 Å². The summed E-state index contributed by atoms with van der Waals surface area (Å²) in [6.45, 7) is 5.88. The number of nitrogens with zero attached hydrogens (tertiary/aromatic N) is 1. The van der Waals surface area contributed by atoms with Crippen LogP contribution in [0.1, 0.15) is 48.3 Å². The van der Waals surface area contributed by atoms with Crippen molar-refractivity contribution in [2.75, 3.05) is 0 Å². The second-order valence-electron chi connectivity index (χ2n) is 4.79. The Kier molecular flexibility index (Phi) is 4.83. The van der Waals surface area contributed by atoms with Crippen molar-refractivity contribution in [3.8, 4) is 0 Å². The van der Waals surface area contributed by atoms with Gasteiger partial charge in [0.1, 0.15) is 16.6 Å². The van der Waals surface area contributed by atoms with Crippen molar-refractivity contribution in [3.05, 3.63) is 51.5 Å². The van der Waals surface area contributed by atoms with Crippen LogP contribution in [0.15, 0.2) is 24.4 Å². The van der Waals surface area contributed by atoms with Gasteiger partial charge in [0.15, 0.2) is 0 Å². The van der Waals surface area contributed by atoms with Crippen LogP contribution in [0.25, 0.3) is 0 Å². The Balaban J connectivity index is 2.10. The maximum atomic E-state index is 13.7. The predicted octanol–water partition coefficient (Wildman–Crippen LogP) is 4.40. The third kappa shape index (κ3) is 3.41. The van der Waals surface area contributed by atoms with Crippen molar-refractivity contribution in [3.63, 3.8) is 0 Å². The third-order valence-corrected chi connectivity index (χ3v) is 4.54. The average molecular weight is 296 g/mol. The highest BCUT2D eigenvalue weighted by atomic mass is 32.1. The van der Waals surface area contributed by atoms with E-state index in [0.29, 0.717) is 5.56 Å². The molecule has 0 radical (unpaired) electrons. The lowest BCUT2D eigenvalue weighted by Gasteiger charge is -2.19. The molecule has 2 rings (SSSR count). The van der Waals surface area contributed by atoms with Gasteiger partial charge in [-0.25, -0.2) is 13.8 Å². The zero-order valence-electron chi connectivity index (χ0n) is 11.8. The molecule has 1 heterocycles. The highest BCUT2D eigenvalue weighted by Crippen LogP contribution is 2.25. The number of thiazole rings is 1. The maximum absolute atomic E-state index is 13.7. The molecule has 0 saturated carbocycles. The smallest absolute Gasteiger partial charge is 0.128 e. The molecule has 0 aliphatic carbocycles. The molecule has 2 unspecified atom stereocenters. The first-order valence-corrected chi connectivity index (χ1v) is 7.48. The highest BCUT2D eigenvalue weighted by Gasteiger charge is 2.17. The second-order valence-corrected chi connectivity index (χ2v) is 5.94. The largest absolute Gasteiger partial charge is 0.301 e. The van der Waals surface area contributed by atoms with Crippen molar-refractivity contribution < 1.29 is 8.78 Å². The van der Waals surface area contributed by atoms with E-state index in [0.717, 1.165) is 23.6 Å². The summed E-state index contributed by atoms with van der Waals surface area (Å²) in [6.07, 6.45) is 2.82. The molecule has 2 nitrogen and oxygen atoms in total. The third-order valence-electron chi connectivity index (χ3n) is 3.21. The Bertz CT molecular complexity index is 583. The average Bonchev–Trinajstić information content (AvgIpc) is 2.90. The molecule has 2 aromatic rings. The van der Waals surface area contributed by atoms with Gasteiger partial charge >= 0.3 is 0 Å². The van der Waals surface area contributed by atoms with Crippen LogP contribution in [-0.4, -0.2) is 4.98 Å². The van der Waals surface area contributed by atoms with Crippen LogP contribution in [0.2, 0.25) is 0 Å². The molecule has 5 heteroatoms. The Hall–Kier alpha value is -1.33. The fourth-order valence-electron chi connectivity index (χ4n) is 2.07. The van der Waals surface area contributed by atoms with E-state index in [9.17, 15) is 8.78 Å². The van der Waals surface area contributed by atoms with Gasteiger partial charge in [-0.3, -0.25) is 0 Å². The quantitative estimate of drug-likeness (QED) is 0.885. The summed E-state index contributed by atoms with van der Waals surface area (Å²) in [7, 11) is 0. The minimum Gasteiger partial charge on any atom is -0.301 e. The van der Waals surface area contributed by atoms with Gasteiger partial charge in [0.05, 0.1) is 6.04 Å². The van der Waals surface area contributed by atoms with Gasteiger partial charge in [0, 0.05) is 22.7 Å². The van der Waals surface area contributed by atoms with Crippen LogP contribution in [0.5, 0.6) is 0 Å². The Morgan fingerprint density at radius 3 is 2.65 bits per heavy atom. The number of aromatic nitrogens is 1. The number of halogens is 2. The molecular formula is C15H18F2N2S. The molecule has 0 saturated heterocycles. The summed E-state index contributed by atoms with van der Waals surface area (Å²) >= 11 is 1.64. The summed E-state index contributed by atoms with van der Waals surface area (Å²) in [6, 6.07) is 3.24. The molecule has 20 heavy (non-hydrogen) atoms. The fraction of sp³-hybridized carbons (Fsp3) is 0.400. The van der Waals surface area contributed by atoms with Gasteiger partial charge in [-0.15, -0.1) is 11.3 Å². The molecule has 1 N–H and O–H groups in total. The molecule has 0 aliphatic rings. The van der Waals surface area contributed by atoms with Crippen LogP contribution in [0, 0.1) is 11.6 Å². The zero-order valence-corrected chi connectivity index (χ0v) is 12.6. The van der Waals surface area contributed by atoms with Gasteiger partial charge in [0.2, 0.25) is 0 Å². The molecule has 1 aromatic carbocycles. The molecule has 0 spiro atoms. The predicted molar refractivity (Wildman–Crippen MR) is 77.8 cm³/mol. The normalized spacial score (nSPS) is 14.2. The number of aryl methyl sites for hydroxylation is 1. The lowest BCUT2D eigenvalue weighted by atomic mass is 10.1. The van der Waals surface area contributed by atoms with Crippen molar-refractivity contribution in [1.82, 2.24) is 10.3 Å². The van der Waals surface area contributed by atoms with E-state index in [-0.39, 0.29) is 12.1 Å². The van der Waals surface area contributed by atoms with E-state index in [2.05, 4.69) is 17.2 Å². The Morgan fingerprint density at radius 2 is 2.00 bits per heavy atom. The van der Waals surface area contributed by atoms with Crippen LogP contribution >= 0.6 is 11.3 Å². The standard InChI is InChI=1S/C15H18F2N2S/c1-4-12-8-18-15(20-12)10(3)19-9(2)13-7-11(16)5-6-14(13)17/h5-10,19H,4H2,1-3H3. The van der Waals surface area contributed by atoms with Crippen molar-refractivity contribution in [2.45, 2.75) is 39.3 Å². The molecule has 0 aliphatic heterocycles. The highest BCUT2D eigenvalue weighted by molar-refractivity contribution is 7.11. The topological polar surface area (TPSA) is 24.9 Å². The van der Waals surface area contributed by atoms with Crippen molar-refractivity contribution in [2.24, 2.45) is 0 Å². The van der Waals surface area contributed by atoms with Crippen molar-refractivity contribution in [1.29, 1.82) is 0 Å². The van der Waals surface area contributed by atoms with E-state index in [1.54, 1.807) is 11.3 Å². The van der Waals surface area contributed by atoms with Crippen LogP contribution in [0.3, 0.4) is 0 Å². The number of benzene rings is 1. The lowest BCUT2D eigenvalue weighted by molar-refractivity contribution is 0.468. The number of rotatable bonds is 5. The maximum Gasteiger partial charge on any atom is 0.128 e. The van der Waals surface area contributed by atoms with E-state index < -0.39 is 11.6 Å². The van der Waals surface area contributed by atoms with Gasteiger partial charge < -0.3 is 5.32 Å². The molecule has 1 aromatic heterocycles. The van der Waals surface area contributed by atoms with Gasteiger partial charge in [-0.2, -0.15) is 0 Å². The van der Waals surface area contributed by atoms with E-state index in [1.165, 1.54) is 10.9 Å². The Labute approximate surface area is 121 Å². The molecule has 2 atom stereocenters. The summed E-state index contributed by atoms with van der Waals surface area (Å²) < 4.78 is 26.9. The monoisotopic (exact) mass is 296 g/mol. The van der Waals surface area contributed by atoms with Gasteiger partial charge in [-0.05, 0) is 38.5 Å². The SMILES string of the molecule is CCc1cnc(C(C)NC(C)c2cc(F)ccc2F)s1. The second kappa shape index (κ2) is 6.41. The first kappa shape index (κ1) is 15.1. The minimum atomic E-state index is -0.426. The summed E-state index contributed by atoms with van der Waals surface area (Å²) in [5.41, 5.74) is 0.337. The molecule has 0 fully saturated rings. The molecule has 0 amide bonds. The van der Waals surface area contributed by atoms with Gasteiger partial charge in [0.25, 0.3) is 0 Å². The minimum absolute atomic E-state index is 0.00188. The first-order valence-electron chi connectivity index (χ1n) is 6.66. The fourth-order valence-corrected chi connectivity index (χ4v) is 2.94. The molecule has 108 valence electrons. The van der Waals surface area contributed by atoms with E-state index >= 15 is 0 Å². The zero-order chi connectivity index (χ0) is 14.7. The lowest BCUT2D eigenvalue weighted by Crippen LogP contribution is -2.23. The first-order chi connectivity index (χ1) is 9.51. The van der Waals surface area contributed by atoms with Gasteiger partial charge in [-0.1, -0.05) is 6.92 Å². The van der Waals surface area contributed by atoms with Crippen LogP contribution < -0.4 is 5.32 Å². The van der Waals surface area contributed by atoms with Crippen molar-refractivity contribution >= 4 is 11.3 Å². The number of hydrogen-bond acceptors (Lipinski definition) is 3. The number of nitrogens with one attached hydrogen (secondary N) is 1. The summed E-state index contributed by atoms with van der Waals surface area (Å²) in [5.74, 6) is -0.822. The summed E-state index contributed by atoms with van der Waals surface area (Å²) in [5, 5.41) is 4.22. The summed E-state index contributed by atoms with van der Waals surface area (Å²) in [4.78, 5) is 5.58. The van der Waals surface area contributed by atoms with E-state index in [1.807, 2.05) is 20.0 Å². The molecule has 0 bridgehead atoms. The van der Waals surface area contributed by atoms with Crippen LogP contribution in [-0.2, 0) is 6.42 Å². The Morgan fingerprint density at radius 1 is 1.25 bits per heavy atom. The van der Waals surface area contributed by atoms with Crippen LogP contribution in [0.4, 0.5) is 8.78 Å². The number of hydrogen-bond donors (Lipinski definition) is 1. The molecular weight excluding hydrogens is 278 g/mol.